The molecule has 1 amide bonds. The number of hydrogen-bond donors (Lipinski definition) is 2. The summed E-state index contributed by atoms with van der Waals surface area (Å²) in [6, 6.07) is 0.437. The van der Waals surface area contributed by atoms with Crippen molar-refractivity contribution in [2.45, 2.75) is 32.7 Å². The summed E-state index contributed by atoms with van der Waals surface area (Å²) in [6.45, 7) is 4.61. The lowest BCUT2D eigenvalue weighted by Crippen LogP contribution is -2.41. The molecule has 0 aromatic rings. The van der Waals surface area contributed by atoms with Crippen LogP contribution in [0.1, 0.15) is 26.7 Å². The number of likely N-dealkylation sites (N-methyl/N-ethyl adjacent to an activating group) is 1. The Kier molecular flexibility index (Phi) is 5.66. The van der Waals surface area contributed by atoms with Gasteiger partial charge in [0.15, 0.2) is 0 Å². The van der Waals surface area contributed by atoms with Gasteiger partial charge in [-0.3, -0.25) is 15.1 Å². The van der Waals surface area contributed by atoms with E-state index in [9.17, 15) is 4.79 Å². The lowest BCUT2D eigenvalue weighted by molar-refractivity contribution is -0.122. The molecular formula is C8H19N3O. The van der Waals surface area contributed by atoms with Gasteiger partial charge in [-0.2, -0.15) is 0 Å². The molecule has 3 N–H and O–H groups in total. The van der Waals surface area contributed by atoms with Gasteiger partial charge in [0, 0.05) is 6.04 Å². The molecule has 0 radical (unpaired) electrons. The van der Waals surface area contributed by atoms with Gasteiger partial charge in [-0.15, -0.1) is 0 Å². The summed E-state index contributed by atoms with van der Waals surface area (Å²) in [5, 5.41) is 0. The number of hydrogen-bond acceptors (Lipinski definition) is 3. The molecule has 0 aromatic carbocycles. The summed E-state index contributed by atoms with van der Waals surface area (Å²) >= 11 is 0. The zero-order valence-corrected chi connectivity index (χ0v) is 8.13. The van der Waals surface area contributed by atoms with Crippen molar-refractivity contribution in [2.24, 2.45) is 5.84 Å². The SMILES string of the molecule is CCCC(C)N(C)CC(=O)NN. The molecule has 0 spiro atoms. The predicted molar refractivity (Wildman–Crippen MR) is 49.3 cm³/mol. The van der Waals surface area contributed by atoms with E-state index in [1.165, 1.54) is 0 Å². The Morgan fingerprint density at radius 2 is 2.25 bits per heavy atom. The van der Waals surface area contributed by atoms with Crippen molar-refractivity contribution in [1.29, 1.82) is 0 Å². The Balaban J connectivity index is 3.69. The van der Waals surface area contributed by atoms with Crippen LogP contribution in [0, 0.1) is 0 Å². The van der Waals surface area contributed by atoms with Gasteiger partial charge in [0.05, 0.1) is 6.54 Å². The highest BCUT2D eigenvalue weighted by molar-refractivity contribution is 5.77. The second-order valence-electron chi connectivity index (χ2n) is 3.12. The molecule has 0 heterocycles. The lowest BCUT2D eigenvalue weighted by atomic mass is 10.2. The van der Waals surface area contributed by atoms with Gasteiger partial charge in [-0.05, 0) is 20.4 Å². The monoisotopic (exact) mass is 173 g/mol. The molecule has 0 bridgehead atoms. The second kappa shape index (κ2) is 5.97. The Bertz CT molecular complexity index is 138. The van der Waals surface area contributed by atoms with Gasteiger partial charge >= 0.3 is 0 Å². The van der Waals surface area contributed by atoms with E-state index in [1.807, 2.05) is 11.9 Å². The van der Waals surface area contributed by atoms with Crippen LogP contribution in [0.15, 0.2) is 0 Å². The maximum Gasteiger partial charge on any atom is 0.248 e. The molecule has 1 atom stereocenters. The molecular weight excluding hydrogens is 154 g/mol. The molecule has 12 heavy (non-hydrogen) atoms. The first kappa shape index (κ1) is 11.4. The van der Waals surface area contributed by atoms with Crippen LogP contribution in [-0.4, -0.2) is 30.4 Å². The van der Waals surface area contributed by atoms with E-state index in [0.29, 0.717) is 12.6 Å². The topological polar surface area (TPSA) is 58.4 Å². The summed E-state index contributed by atoms with van der Waals surface area (Å²) in [4.78, 5) is 12.8. The van der Waals surface area contributed by atoms with E-state index < -0.39 is 0 Å². The highest BCUT2D eigenvalue weighted by Crippen LogP contribution is 2.02. The van der Waals surface area contributed by atoms with Crippen molar-refractivity contribution in [2.75, 3.05) is 13.6 Å². The van der Waals surface area contributed by atoms with Gasteiger partial charge in [-0.1, -0.05) is 13.3 Å². The largest absolute Gasteiger partial charge is 0.295 e. The fourth-order valence-electron chi connectivity index (χ4n) is 1.07. The van der Waals surface area contributed by atoms with E-state index in [4.69, 9.17) is 5.84 Å². The number of nitrogens with zero attached hydrogens (tertiary/aromatic N) is 1. The van der Waals surface area contributed by atoms with Gasteiger partial charge in [0.1, 0.15) is 0 Å². The molecule has 4 heteroatoms. The number of nitrogens with one attached hydrogen (secondary N) is 1. The molecule has 0 aliphatic rings. The second-order valence-corrected chi connectivity index (χ2v) is 3.12. The minimum Gasteiger partial charge on any atom is -0.295 e. The number of hydrazine groups is 1. The maximum atomic E-state index is 10.9. The molecule has 0 aromatic heterocycles. The van der Waals surface area contributed by atoms with E-state index in [1.54, 1.807) is 0 Å². The summed E-state index contributed by atoms with van der Waals surface area (Å²) in [6.07, 6.45) is 2.24. The molecule has 72 valence electrons. The Morgan fingerprint density at radius 1 is 1.67 bits per heavy atom. The Labute approximate surface area is 74.1 Å². The summed E-state index contributed by atoms with van der Waals surface area (Å²) in [5.74, 6) is 4.83. The van der Waals surface area contributed by atoms with Crippen LogP contribution >= 0.6 is 0 Å². The Hall–Kier alpha value is -0.610. The molecule has 0 saturated heterocycles. The molecule has 0 aliphatic heterocycles. The van der Waals surface area contributed by atoms with Crippen LogP contribution in [0.5, 0.6) is 0 Å². The third-order valence-electron chi connectivity index (χ3n) is 2.01. The smallest absolute Gasteiger partial charge is 0.248 e. The normalized spacial score (nSPS) is 13.1. The summed E-state index contributed by atoms with van der Waals surface area (Å²) < 4.78 is 0. The van der Waals surface area contributed by atoms with Crippen molar-refractivity contribution in [3.63, 3.8) is 0 Å². The van der Waals surface area contributed by atoms with Crippen molar-refractivity contribution in [3.8, 4) is 0 Å². The van der Waals surface area contributed by atoms with Gasteiger partial charge in [-0.25, -0.2) is 5.84 Å². The van der Waals surface area contributed by atoms with Gasteiger partial charge in [0.2, 0.25) is 5.91 Å². The number of amides is 1. The van der Waals surface area contributed by atoms with Crippen LogP contribution in [0.3, 0.4) is 0 Å². The van der Waals surface area contributed by atoms with E-state index in [2.05, 4.69) is 19.3 Å². The van der Waals surface area contributed by atoms with Crippen LogP contribution in [-0.2, 0) is 4.79 Å². The minimum atomic E-state index is -0.138. The molecule has 0 aliphatic carbocycles. The van der Waals surface area contributed by atoms with Crippen LogP contribution in [0.25, 0.3) is 0 Å². The van der Waals surface area contributed by atoms with E-state index in [0.717, 1.165) is 12.8 Å². The maximum absolute atomic E-state index is 10.9. The van der Waals surface area contributed by atoms with Gasteiger partial charge in [0.25, 0.3) is 0 Å². The Morgan fingerprint density at radius 3 is 2.67 bits per heavy atom. The quantitative estimate of drug-likeness (QED) is 0.352. The van der Waals surface area contributed by atoms with Crippen molar-refractivity contribution in [1.82, 2.24) is 10.3 Å². The van der Waals surface area contributed by atoms with Gasteiger partial charge < -0.3 is 0 Å². The molecule has 1 unspecified atom stereocenters. The number of carbonyl (C=O) groups is 1. The van der Waals surface area contributed by atoms with Crippen molar-refractivity contribution < 1.29 is 4.79 Å². The minimum absolute atomic E-state index is 0.138. The lowest BCUT2D eigenvalue weighted by Gasteiger charge is -2.22. The number of nitrogens with two attached hydrogens (primary N) is 1. The van der Waals surface area contributed by atoms with Crippen molar-refractivity contribution >= 4 is 5.91 Å². The third-order valence-corrected chi connectivity index (χ3v) is 2.01. The first-order valence-electron chi connectivity index (χ1n) is 4.31. The number of carbonyl (C=O) groups excluding carboxylic acids is 1. The fraction of sp³-hybridized carbons (Fsp3) is 0.875. The molecule has 4 nitrogen and oxygen atoms in total. The number of rotatable bonds is 5. The molecule has 0 rings (SSSR count). The zero-order valence-electron chi connectivity index (χ0n) is 8.13. The first-order chi connectivity index (χ1) is 5.61. The van der Waals surface area contributed by atoms with Crippen LogP contribution in [0.2, 0.25) is 0 Å². The van der Waals surface area contributed by atoms with Crippen LogP contribution in [0.4, 0.5) is 0 Å². The standard InChI is InChI=1S/C8H19N3O/c1-4-5-7(2)11(3)6-8(12)10-9/h7H,4-6,9H2,1-3H3,(H,10,12). The van der Waals surface area contributed by atoms with Crippen LogP contribution < -0.4 is 11.3 Å². The zero-order chi connectivity index (χ0) is 9.56. The predicted octanol–water partition coefficient (Wildman–Crippen LogP) is 0.0967. The highest BCUT2D eigenvalue weighted by Gasteiger charge is 2.10. The van der Waals surface area contributed by atoms with E-state index >= 15 is 0 Å². The van der Waals surface area contributed by atoms with Crippen molar-refractivity contribution in [3.05, 3.63) is 0 Å². The summed E-state index contributed by atoms with van der Waals surface area (Å²) in [7, 11) is 1.93. The summed E-state index contributed by atoms with van der Waals surface area (Å²) in [5.41, 5.74) is 2.11. The molecule has 0 fully saturated rings. The highest BCUT2D eigenvalue weighted by atomic mass is 16.2. The average molecular weight is 173 g/mol. The fourth-order valence-corrected chi connectivity index (χ4v) is 1.07. The average Bonchev–Trinajstić information content (AvgIpc) is 2.04. The third kappa shape index (κ3) is 4.31. The van der Waals surface area contributed by atoms with E-state index in [-0.39, 0.29) is 5.91 Å². The first-order valence-corrected chi connectivity index (χ1v) is 4.31. The molecule has 0 saturated carbocycles.